The van der Waals surface area contributed by atoms with Gasteiger partial charge in [-0.05, 0) is 0 Å². The Bertz CT molecular complexity index is 63.8. The van der Waals surface area contributed by atoms with Crippen molar-refractivity contribution in [3.05, 3.63) is 7.05 Å². The van der Waals surface area contributed by atoms with Crippen LogP contribution in [0.3, 0.4) is 0 Å². The Balaban J connectivity index is 0. The van der Waals surface area contributed by atoms with Crippen LogP contribution in [0.5, 0.6) is 0 Å². The molecule has 0 rings (SSSR count). The van der Waals surface area contributed by atoms with Gasteiger partial charge in [0, 0.05) is 52.7 Å². The predicted octanol–water partition coefficient (Wildman–Crippen LogP) is 1.51. The standard InChI is InChI=1S/C7H17N.Y/c1-7(2)6-8(3,4)5;/h7H,3,6H2,1-2,4-5H3;. The molecule has 0 aromatic carbocycles. The van der Waals surface area contributed by atoms with Crippen LogP contribution in [-0.4, -0.2) is 25.1 Å². The molecule has 1 radical (unpaired) electrons. The maximum atomic E-state index is 3.95. The fourth-order valence-corrected chi connectivity index (χ4v) is 0.988. The van der Waals surface area contributed by atoms with Crippen LogP contribution in [0.1, 0.15) is 13.8 Å². The van der Waals surface area contributed by atoms with Gasteiger partial charge >= 0.3 is 0 Å². The fourth-order valence-electron chi connectivity index (χ4n) is 0.988. The molecule has 0 aromatic rings. The van der Waals surface area contributed by atoms with E-state index in [4.69, 9.17) is 0 Å². The van der Waals surface area contributed by atoms with Crippen molar-refractivity contribution in [1.29, 1.82) is 0 Å². The molecule has 0 saturated carbocycles. The molecule has 0 unspecified atom stereocenters. The Kier molecular flexibility index (Phi) is 6.80. The van der Waals surface area contributed by atoms with E-state index in [1.807, 2.05) is 0 Å². The average molecular weight is 204 g/mol. The van der Waals surface area contributed by atoms with Crippen molar-refractivity contribution in [2.24, 2.45) is 5.92 Å². The van der Waals surface area contributed by atoms with Gasteiger partial charge in [0.2, 0.25) is 0 Å². The van der Waals surface area contributed by atoms with Crippen molar-refractivity contribution in [3.63, 3.8) is 0 Å². The van der Waals surface area contributed by atoms with Crippen LogP contribution in [0.4, 0.5) is 0 Å². The summed E-state index contributed by atoms with van der Waals surface area (Å²) in [5.41, 5.74) is 0. The van der Waals surface area contributed by atoms with Crippen LogP contribution < -0.4 is 0 Å². The first-order valence-corrected chi connectivity index (χ1v) is 3.09. The molecule has 0 atom stereocenters. The van der Waals surface area contributed by atoms with E-state index in [0.717, 1.165) is 16.9 Å². The summed E-state index contributed by atoms with van der Waals surface area (Å²) in [6, 6.07) is 0. The molecule has 0 aliphatic rings. The van der Waals surface area contributed by atoms with Gasteiger partial charge in [0.15, 0.2) is 0 Å². The molecule has 0 fully saturated rings. The molecule has 0 aliphatic heterocycles. The molecule has 0 N–H and O–H groups in total. The Morgan fingerprint density at radius 1 is 1.33 bits per heavy atom. The molecule has 53 valence electrons. The Morgan fingerprint density at radius 3 is 1.67 bits per heavy atom. The van der Waals surface area contributed by atoms with Gasteiger partial charge in [-0.15, -0.1) is 7.05 Å². The Labute approximate surface area is 84.3 Å². The molecule has 0 heterocycles. The molecule has 2 heteroatoms. The van der Waals surface area contributed by atoms with Crippen LogP contribution in [0.2, 0.25) is 0 Å². The monoisotopic (exact) mass is 204 g/mol. The van der Waals surface area contributed by atoms with Crippen molar-refractivity contribution in [1.82, 2.24) is 0 Å². The second kappa shape index (κ2) is 4.81. The van der Waals surface area contributed by atoms with E-state index < -0.39 is 0 Å². The van der Waals surface area contributed by atoms with Crippen LogP contribution >= 0.6 is 0 Å². The van der Waals surface area contributed by atoms with Crippen molar-refractivity contribution in [2.75, 3.05) is 20.6 Å². The molecule has 9 heavy (non-hydrogen) atoms. The number of hydrogen-bond acceptors (Lipinski definition) is 0. The van der Waals surface area contributed by atoms with Crippen molar-refractivity contribution in [3.8, 4) is 0 Å². The van der Waals surface area contributed by atoms with E-state index in [-0.39, 0.29) is 32.7 Å². The topological polar surface area (TPSA) is 0 Å². The summed E-state index contributed by atoms with van der Waals surface area (Å²) in [5, 5.41) is 0. The van der Waals surface area contributed by atoms with Crippen molar-refractivity contribution in [2.45, 2.75) is 13.8 Å². The first-order chi connectivity index (χ1) is 3.42. The number of rotatable bonds is 2. The number of quaternary nitrogens is 1. The van der Waals surface area contributed by atoms with Gasteiger partial charge in [0.05, 0.1) is 6.54 Å². The van der Waals surface area contributed by atoms with Gasteiger partial charge in [-0.25, -0.2) is 0 Å². The molecule has 0 aromatic heterocycles. The van der Waals surface area contributed by atoms with E-state index in [0.29, 0.717) is 0 Å². The van der Waals surface area contributed by atoms with Gasteiger partial charge in [0.25, 0.3) is 0 Å². The zero-order chi connectivity index (χ0) is 6.78. The van der Waals surface area contributed by atoms with Crippen LogP contribution in [-0.2, 0) is 32.7 Å². The van der Waals surface area contributed by atoms with Gasteiger partial charge in [-0.3, -0.25) is 0 Å². The zero-order valence-electron chi connectivity index (χ0n) is 7.02. The van der Waals surface area contributed by atoms with E-state index in [1.165, 1.54) is 0 Å². The summed E-state index contributed by atoms with van der Waals surface area (Å²) in [4.78, 5) is 0. The second-order valence-corrected chi connectivity index (χ2v) is 3.51. The van der Waals surface area contributed by atoms with Gasteiger partial charge in [-0.2, -0.15) is 0 Å². The van der Waals surface area contributed by atoms with E-state index in [2.05, 4.69) is 35.0 Å². The van der Waals surface area contributed by atoms with Crippen LogP contribution in [0.25, 0.3) is 0 Å². The molecular weight excluding hydrogens is 187 g/mol. The smallest absolute Gasteiger partial charge is 0.0564 e. The molecule has 0 saturated heterocycles. The van der Waals surface area contributed by atoms with Gasteiger partial charge in [0.1, 0.15) is 0 Å². The third kappa shape index (κ3) is 12.3. The van der Waals surface area contributed by atoms with E-state index in [9.17, 15) is 0 Å². The minimum Gasteiger partial charge on any atom is -0.462 e. The largest absolute Gasteiger partial charge is 0.462 e. The SMILES string of the molecule is [CH2-][N+](C)(C)CC(C)C.[Y]. The summed E-state index contributed by atoms with van der Waals surface area (Å²) >= 11 is 0. The molecule has 0 amide bonds. The molecule has 0 aliphatic carbocycles. The number of nitrogens with zero attached hydrogens (tertiary/aromatic N) is 1. The predicted molar refractivity (Wildman–Crippen MR) is 37.2 cm³/mol. The Hall–Kier alpha value is 1.06. The first-order valence-electron chi connectivity index (χ1n) is 3.09. The summed E-state index contributed by atoms with van der Waals surface area (Å²) in [5.74, 6) is 0.752. The fraction of sp³-hybridized carbons (Fsp3) is 0.857. The first kappa shape index (κ1) is 12.7. The van der Waals surface area contributed by atoms with E-state index >= 15 is 0 Å². The minimum atomic E-state index is 0. The average Bonchev–Trinajstić information content (AvgIpc) is 1.21. The molecular formula is C7H17NY. The van der Waals surface area contributed by atoms with Crippen LogP contribution in [0, 0.1) is 13.0 Å². The van der Waals surface area contributed by atoms with Gasteiger partial charge < -0.3 is 4.48 Å². The summed E-state index contributed by atoms with van der Waals surface area (Å²) in [6.07, 6.45) is 0. The van der Waals surface area contributed by atoms with Crippen molar-refractivity contribution >= 4 is 0 Å². The normalized spacial score (nSPS) is 11.3. The molecule has 1 nitrogen and oxygen atoms in total. The van der Waals surface area contributed by atoms with Crippen LogP contribution in [0.15, 0.2) is 0 Å². The third-order valence-electron chi connectivity index (χ3n) is 0.859. The molecule has 0 bridgehead atoms. The van der Waals surface area contributed by atoms with E-state index in [1.54, 1.807) is 0 Å². The summed E-state index contributed by atoms with van der Waals surface area (Å²) < 4.78 is 0.831. The molecule has 0 spiro atoms. The second-order valence-electron chi connectivity index (χ2n) is 3.51. The quantitative estimate of drug-likeness (QED) is 0.472. The maximum absolute atomic E-state index is 3.95. The summed E-state index contributed by atoms with van der Waals surface area (Å²) in [7, 11) is 8.17. The third-order valence-corrected chi connectivity index (χ3v) is 0.859. The maximum Gasteiger partial charge on any atom is 0.0564 e. The number of hydrogen-bond donors (Lipinski definition) is 0. The minimum absolute atomic E-state index is 0. The summed E-state index contributed by atoms with van der Waals surface area (Å²) in [6.45, 7) is 5.58. The van der Waals surface area contributed by atoms with Gasteiger partial charge in [-0.1, -0.05) is 13.8 Å². The Morgan fingerprint density at radius 2 is 1.67 bits per heavy atom. The van der Waals surface area contributed by atoms with Crippen molar-refractivity contribution < 1.29 is 37.2 Å². The zero-order valence-corrected chi connectivity index (χ0v) is 9.85.